The highest BCUT2D eigenvalue weighted by molar-refractivity contribution is 5.92. The highest BCUT2D eigenvalue weighted by Gasteiger charge is 2.76. The summed E-state index contributed by atoms with van der Waals surface area (Å²) in [5.41, 5.74) is -0.456. The minimum Gasteiger partial charge on any atom is -0.472 e. The zero-order valence-corrected chi connectivity index (χ0v) is 14.9. The molecule has 0 radical (unpaired) electrons. The summed E-state index contributed by atoms with van der Waals surface area (Å²) in [6, 6.07) is 1.84. The van der Waals surface area contributed by atoms with Crippen molar-refractivity contribution in [3.63, 3.8) is 0 Å². The topological polar surface area (TPSA) is 69.0 Å². The van der Waals surface area contributed by atoms with Crippen molar-refractivity contribution < 1.29 is 23.5 Å². The molecule has 7 atom stereocenters. The number of Topliss-reactive ketones (excluding diaryl/α,β-unsaturated/α-hetero) is 1. The number of carbonyl (C=O) groups excluding carboxylic acids is 2. The Morgan fingerprint density at radius 2 is 2.00 bits per heavy atom. The van der Waals surface area contributed by atoms with Crippen LogP contribution in [0.1, 0.15) is 58.1 Å². The van der Waals surface area contributed by atoms with Crippen LogP contribution in [0.4, 0.5) is 0 Å². The molecule has 3 heterocycles. The summed E-state index contributed by atoms with van der Waals surface area (Å²) in [5, 5.41) is 0. The van der Waals surface area contributed by atoms with E-state index in [2.05, 4.69) is 13.8 Å². The largest absolute Gasteiger partial charge is 0.472 e. The van der Waals surface area contributed by atoms with Crippen molar-refractivity contribution in [3.05, 3.63) is 24.2 Å². The quantitative estimate of drug-likeness (QED) is 0.577. The predicted octanol–water partition coefficient (Wildman–Crippen LogP) is 3.44. The molecule has 7 unspecified atom stereocenters. The van der Waals surface area contributed by atoms with Crippen molar-refractivity contribution in [2.24, 2.45) is 22.7 Å². The fourth-order valence-electron chi connectivity index (χ4n) is 6.26. The fourth-order valence-corrected chi connectivity index (χ4v) is 6.26. The molecule has 2 aliphatic carbocycles. The van der Waals surface area contributed by atoms with Gasteiger partial charge in [0.25, 0.3) is 0 Å². The summed E-state index contributed by atoms with van der Waals surface area (Å²) in [5.74, 6) is -0.242. The lowest BCUT2D eigenvalue weighted by Gasteiger charge is -2.56. The van der Waals surface area contributed by atoms with Crippen LogP contribution in [0.15, 0.2) is 23.0 Å². The van der Waals surface area contributed by atoms with Crippen molar-refractivity contribution in [2.45, 2.75) is 64.3 Å². The Kier molecular flexibility index (Phi) is 2.85. The number of epoxide rings is 1. The molecule has 0 aromatic carbocycles. The molecule has 1 spiro atoms. The molecule has 0 N–H and O–H groups in total. The van der Waals surface area contributed by atoms with Gasteiger partial charge in [-0.1, -0.05) is 13.8 Å². The third-order valence-electron chi connectivity index (χ3n) is 8.05. The van der Waals surface area contributed by atoms with Gasteiger partial charge in [-0.15, -0.1) is 0 Å². The molecule has 25 heavy (non-hydrogen) atoms. The van der Waals surface area contributed by atoms with Crippen molar-refractivity contribution >= 4 is 11.8 Å². The van der Waals surface area contributed by atoms with Crippen LogP contribution in [-0.2, 0) is 19.1 Å². The van der Waals surface area contributed by atoms with Crippen LogP contribution >= 0.6 is 0 Å². The number of furan rings is 1. The number of cyclic esters (lactones) is 1. The Balaban J connectivity index is 1.61. The standard InChI is InChI=1S/C20H24O5/c1-11-13(21)8-18(2)15(4-5-16-19(18,3)25-16)20(11)9-14(24-17(20)22)12-6-7-23-10-12/h6-7,10-11,14-16H,4-5,8-9H2,1-3H3. The van der Waals surface area contributed by atoms with E-state index in [1.54, 1.807) is 12.5 Å². The Morgan fingerprint density at radius 3 is 2.72 bits per heavy atom. The van der Waals surface area contributed by atoms with E-state index in [1.165, 1.54) is 0 Å². The lowest BCUT2D eigenvalue weighted by atomic mass is 9.44. The van der Waals surface area contributed by atoms with Gasteiger partial charge in [0.2, 0.25) is 0 Å². The first kappa shape index (κ1) is 15.6. The maximum absolute atomic E-state index is 13.2. The Labute approximate surface area is 147 Å². The summed E-state index contributed by atoms with van der Waals surface area (Å²) in [6.45, 7) is 6.19. The first-order chi connectivity index (χ1) is 11.8. The molecular weight excluding hydrogens is 320 g/mol. The van der Waals surface area contributed by atoms with Gasteiger partial charge in [0.05, 0.1) is 29.6 Å². The zero-order chi connectivity index (χ0) is 17.6. The van der Waals surface area contributed by atoms with Crippen LogP contribution in [0.25, 0.3) is 0 Å². The third kappa shape index (κ3) is 1.68. The van der Waals surface area contributed by atoms with Crippen LogP contribution in [0, 0.1) is 22.7 Å². The zero-order valence-electron chi connectivity index (χ0n) is 14.9. The summed E-state index contributed by atoms with van der Waals surface area (Å²) in [4.78, 5) is 26.2. The van der Waals surface area contributed by atoms with E-state index in [4.69, 9.17) is 13.9 Å². The minimum atomic E-state index is -0.744. The summed E-state index contributed by atoms with van der Waals surface area (Å²) < 4.78 is 17.0. The Morgan fingerprint density at radius 1 is 1.20 bits per heavy atom. The van der Waals surface area contributed by atoms with Gasteiger partial charge in [0.1, 0.15) is 11.9 Å². The molecule has 5 nitrogen and oxygen atoms in total. The first-order valence-corrected chi connectivity index (χ1v) is 9.26. The van der Waals surface area contributed by atoms with Crippen LogP contribution < -0.4 is 0 Å². The number of ketones is 1. The highest BCUT2D eigenvalue weighted by atomic mass is 16.6. The van der Waals surface area contributed by atoms with Crippen molar-refractivity contribution in [1.82, 2.24) is 0 Å². The van der Waals surface area contributed by atoms with Crippen molar-refractivity contribution in [1.29, 1.82) is 0 Å². The molecule has 4 aliphatic rings. The molecule has 134 valence electrons. The van der Waals surface area contributed by atoms with E-state index in [0.717, 1.165) is 18.4 Å². The third-order valence-corrected chi connectivity index (χ3v) is 8.05. The molecule has 1 aromatic rings. The van der Waals surface area contributed by atoms with Gasteiger partial charge in [-0.3, -0.25) is 9.59 Å². The summed E-state index contributed by atoms with van der Waals surface area (Å²) >= 11 is 0. The average molecular weight is 344 g/mol. The van der Waals surface area contributed by atoms with E-state index in [1.807, 2.05) is 13.0 Å². The lowest BCUT2D eigenvalue weighted by molar-refractivity contribution is -0.173. The number of rotatable bonds is 1. The van der Waals surface area contributed by atoms with Gasteiger partial charge in [0, 0.05) is 29.7 Å². The van der Waals surface area contributed by atoms with E-state index in [-0.39, 0.29) is 46.8 Å². The maximum Gasteiger partial charge on any atom is 0.313 e. The van der Waals surface area contributed by atoms with E-state index in [9.17, 15) is 9.59 Å². The van der Waals surface area contributed by atoms with Gasteiger partial charge in [-0.2, -0.15) is 0 Å². The van der Waals surface area contributed by atoms with Gasteiger partial charge >= 0.3 is 5.97 Å². The second kappa shape index (κ2) is 4.56. The molecule has 1 aromatic heterocycles. The number of hydrogen-bond acceptors (Lipinski definition) is 5. The number of carbonyl (C=O) groups is 2. The van der Waals surface area contributed by atoms with E-state index < -0.39 is 5.41 Å². The lowest BCUT2D eigenvalue weighted by Crippen LogP contribution is -2.61. The molecule has 0 bridgehead atoms. The smallest absolute Gasteiger partial charge is 0.313 e. The van der Waals surface area contributed by atoms with Crippen LogP contribution in [0.5, 0.6) is 0 Å². The Bertz CT molecular complexity index is 754. The van der Waals surface area contributed by atoms with Gasteiger partial charge < -0.3 is 13.9 Å². The maximum atomic E-state index is 13.2. The predicted molar refractivity (Wildman–Crippen MR) is 87.5 cm³/mol. The number of hydrogen-bond donors (Lipinski definition) is 0. The second-order valence-corrected chi connectivity index (χ2v) is 8.82. The average Bonchev–Trinajstić information content (AvgIpc) is 2.94. The highest BCUT2D eigenvalue weighted by Crippen LogP contribution is 2.71. The molecule has 2 saturated carbocycles. The van der Waals surface area contributed by atoms with Crippen LogP contribution in [-0.4, -0.2) is 23.5 Å². The number of ether oxygens (including phenoxy) is 2. The van der Waals surface area contributed by atoms with Crippen LogP contribution in [0.3, 0.4) is 0 Å². The monoisotopic (exact) mass is 344 g/mol. The normalized spacial score (nSPS) is 51.2. The van der Waals surface area contributed by atoms with Gasteiger partial charge in [-0.25, -0.2) is 0 Å². The van der Waals surface area contributed by atoms with Crippen molar-refractivity contribution in [3.8, 4) is 0 Å². The molecule has 2 aliphatic heterocycles. The number of esters is 1. The van der Waals surface area contributed by atoms with E-state index in [0.29, 0.717) is 12.8 Å². The summed E-state index contributed by atoms with van der Waals surface area (Å²) in [7, 11) is 0. The molecule has 2 saturated heterocycles. The van der Waals surface area contributed by atoms with E-state index >= 15 is 0 Å². The SMILES string of the molecule is CC1C(=O)CC2(C)C(CCC3OC32C)C12CC(c1ccoc1)OC2=O. The number of fused-ring (bicyclic) bond motifs is 4. The van der Waals surface area contributed by atoms with Crippen LogP contribution in [0.2, 0.25) is 0 Å². The minimum absolute atomic E-state index is 0.112. The molecular formula is C20H24O5. The molecule has 5 rings (SSSR count). The fraction of sp³-hybridized carbons (Fsp3) is 0.700. The molecule has 5 heteroatoms. The van der Waals surface area contributed by atoms with Gasteiger partial charge in [0.15, 0.2) is 0 Å². The second-order valence-electron chi connectivity index (χ2n) is 8.82. The van der Waals surface area contributed by atoms with Crippen molar-refractivity contribution in [2.75, 3.05) is 0 Å². The summed E-state index contributed by atoms with van der Waals surface area (Å²) in [6.07, 6.45) is 6.07. The molecule has 0 amide bonds. The van der Waals surface area contributed by atoms with Gasteiger partial charge in [-0.05, 0) is 31.7 Å². The Hall–Kier alpha value is -1.62. The molecule has 4 fully saturated rings. The first-order valence-electron chi connectivity index (χ1n) is 9.26.